The summed E-state index contributed by atoms with van der Waals surface area (Å²) in [6.07, 6.45) is 2.55. The first-order chi connectivity index (χ1) is 13.4. The Kier molecular flexibility index (Phi) is 6.04. The number of hydrogen-bond acceptors (Lipinski definition) is 6. The van der Waals surface area contributed by atoms with E-state index in [0.29, 0.717) is 17.8 Å². The molecule has 1 aliphatic heterocycles. The standard InChI is InChI=1S/C21H26FN5O/c1-13(2)11-15-12-27(10-9-24-15)18-7-6-16(14(3)22)19(26-18)20(28)17-5-4-8-25-21(17)23/h4-8,13,15,24H,3,9-12H2,1-2H3,(H2,23,25)/t15-/m0/s1. The highest BCUT2D eigenvalue weighted by molar-refractivity contribution is 6.12. The average Bonchev–Trinajstić information content (AvgIpc) is 2.67. The van der Waals surface area contributed by atoms with E-state index in [9.17, 15) is 9.18 Å². The number of nitrogens with zero attached hydrogens (tertiary/aromatic N) is 3. The van der Waals surface area contributed by atoms with Crippen LogP contribution in [0.5, 0.6) is 0 Å². The van der Waals surface area contributed by atoms with Gasteiger partial charge in [0, 0.05) is 37.4 Å². The van der Waals surface area contributed by atoms with Gasteiger partial charge in [-0.3, -0.25) is 4.79 Å². The van der Waals surface area contributed by atoms with E-state index in [4.69, 9.17) is 5.73 Å². The van der Waals surface area contributed by atoms with Crippen LogP contribution >= 0.6 is 0 Å². The van der Waals surface area contributed by atoms with Crippen molar-refractivity contribution in [2.75, 3.05) is 30.3 Å². The summed E-state index contributed by atoms with van der Waals surface area (Å²) in [6, 6.07) is 6.82. The Hall–Kier alpha value is -2.80. The summed E-state index contributed by atoms with van der Waals surface area (Å²) in [7, 11) is 0. The zero-order valence-electron chi connectivity index (χ0n) is 16.3. The highest BCUT2D eigenvalue weighted by atomic mass is 19.1. The van der Waals surface area contributed by atoms with Gasteiger partial charge < -0.3 is 16.0 Å². The van der Waals surface area contributed by atoms with Gasteiger partial charge in [0.1, 0.15) is 23.2 Å². The van der Waals surface area contributed by atoms with Crippen molar-refractivity contribution in [2.45, 2.75) is 26.3 Å². The third kappa shape index (κ3) is 4.36. The van der Waals surface area contributed by atoms with Crippen molar-refractivity contribution in [3.8, 4) is 0 Å². The number of nitrogens with one attached hydrogen (secondary N) is 1. The van der Waals surface area contributed by atoms with E-state index in [1.54, 1.807) is 24.3 Å². The van der Waals surface area contributed by atoms with Crippen LogP contribution in [0.25, 0.3) is 5.83 Å². The van der Waals surface area contributed by atoms with Crippen LogP contribution in [-0.4, -0.2) is 41.4 Å². The first-order valence-corrected chi connectivity index (χ1v) is 9.46. The van der Waals surface area contributed by atoms with Gasteiger partial charge >= 0.3 is 0 Å². The minimum Gasteiger partial charge on any atom is -0.383 e. The lowest BCUT2D eigenvalue weighted by Gasteiger charge is -2.35. The molecule has 2 aromatic heterocycles. The summed E-state index contributed by atoms with van der Waals surface area (Å²) in [5, 5.41) is 3.52. The molecule has 0 spiro atoms. The van der Waals surface area contributed by atoms with Gasteiger partial charge in [0.05, 0.1) is 5.56 Å². The van der Waals surface area contributed by atoms with Crippen molar-refractivity contribution >= 4 is 23.2 Å². The molecule has 1 fully saturated rings. The number of pyridine rings is 2. The molecule has 0 bridgehead atoms. The molecule has 2 aromatic rings. The lowest BCUT2D eigenvalue weighted by Crippen LogP contribution is -2.51. The SMILES string of the molecule is C=C(F)c1ccc(N2CCN[C@@H](CC(C)C)C2)nc1C(=O)c1cccnc1N. The summed E-state index contributed by atoms with van der Waals surface area (Å²) in [5.74, 6) is 0.145. The van der Waals surface area contributed by atoms with Gasteiger partial charge in [-0.1, -0.05) is 20.4 Å². The lowest BCUT2D eigenvalue weighted by atomic mass is 10.0. The second-order valence-electron chi connectivity index (χ2n) is 7.46. The van der Waals surface area contributed by atoms with E-state index in [-0.39, 0.29) is 22.6 Å². The van der Waals surface area contributed by atoms with E-state index in [0.717, 1.165) is 26.1 Å². The van der Waals surface area contributed by atoms with E-state index in [1.807, 2.05) is 0 Å². The Bertz CT molecular complexity index is 883. The molecule has 1 atom stereocenters. The van der Waals surface area contributed by atoms with Gasteiger partial charge in [-0.05, 0) is 36.6 Å². The predicted molar refractivity (Wildman–Crippen MR) is 110 cm³/mol. The van der Waals surface area contributed by atoms with Crippen LogP contribution in [-0.2, 0) is 0 Å². The van der Waals surface area contributed by atoms with Gasteiger partial charge in [-0.25, -0.2) is 14.4 Å². The van der Waals surface area contributed by atoms with Crippen LogP contribution in [0.3, 0.4) is 0 Å². The molecule has 0 aliphatic carbocycles. The average molecular weight is 383 g/mol. The smallest absolute Gasteiger partial charge is 0.215 e. The fraction of sp³-hybridized carbons (Fsp3) is 0.381. The minimum atomic E-state index is -0.706. The van der Waals surface area contributed by atoms with Crippen molar-refractivity contribution in [3.05, 3.63) is 53.9 Å². The van der Waals surface area contributed by atoms with Crippen LogP contribution in [0, 0.1) is 5.92 Å². The number of hydrogen-bond donors (Lipinski definition) is 2. The Morgan fingerprint density at radius 2 is 2.18 bits per heavy atom. The highest BCUT2D eigenvalue weighted by Crippen LogP contribution is 2.26. The molecule has 1 aliphatic rings. The van der Waals surface area contributed by atoms with Gasteiger partial charge in [0.25, 0.3) is 0 Å². The van der Waals surface area contributed by atoms with Crippen molar-refractivity contribution in [1.82, 2.24) is 15.3 Å². The van der Waals surface area contributed by atoms with Crippen LogP contribution in [0.15, 0.2) is 37.0 Å². The van der Waals surface area contributed by atoms with Crippen molar-refractivity contribution in [3.63, 3.8) is 0 Å². The highest BCUT2D eigenvalue weighted by Gasteiger charge is 2.25. The lowest BCUT2D eigenvalue weighted by molar-refractivity contribution is 0.103. The second kappa shape index (κ2) is 8.48. The largest absolute Gasteiger partial charge is 0.383 e. The van der Waals surface area contributed by atoms with Gasteiger partial charge in [-0.2, -0.15) is 0 Å². The molecule has 3 N–H and O–H groups in total. The molecule has 0 radical (unpaired) electrons. The monoisotopic (exact) mass is 383 g/mol. The number of ketones is 1. The van der Waals surface area contributed by atoms with E-state index in [2.05, 4.69) is 40.6 Å². The van der Waals surface area contributed by atoms with Gasteiger partial charge in [0.2, 0.25) is 5.78 Å². The Morgan fingerprint density at radius 3 is 2.86 bits per heavy atom. The first kappa shape index (κ1) is 19.9. The molecule has 0 aromatic carbocycles. The maximum atomic E-state index is 14.0. The molecule has 28 heavy (non-hydrogen) atoms. The van der Waals surface area contributed by atoms with Crippen LogP contribution in [0.1, 0.15) is 41.9 Å². The molecule has 7 heteroatoms. The first-order valence-electron chi connectivity index (χ1n) is 9.46. The molecular formula is C21H26FN5O. The summed E-state index contributed by atoms with van der Waals surface area (Å²) >= 11 is 0. The van der Waals surface area contributed by atoms with E-state index in [1.165, 1.54) is 6.20 Å². The molecule has 3 rings (SSSR count). The maximum absolute atomic E-state index is 14.0. The number of aromatic nitrogens is 2. The predicted octanol–water partition coefficient (Wildman–Crippen LogP) is 3.05. The topological polar surface area (TPSA) is 84.1 Å². The number of halogens is 1. The Labute approximate surface area is 164 Å². The zero-order valence-corrected chi connectivity index (χ0v) is 16.3. The number of rotatable bonds is 6. The van der Waals surface area contributed by atoms with Crippen LogP contribution < -0.4 is 16.0 Å². The molecular weight excluding hydrogens is 357 g/mol. The fourth-order valence-corrected chi connectivity index (χ4v) is 3.51. The number of anilines is 2. The quantitative estimate of drug-likeness (QED) is 0.746. The van der Waals surface area contributed by atoms with Gasteiger partial charge in [-0.15, -0.1) is 0 Å². The third-order valence-corrected chi connectivity index (χ3v) is 4.81. The van der Waals surface area contributed by atoms with Gasteiger partial charge in [0.15, 0.2) is 0 Å². The normalized spacial score (nSPS) is 17.0. The summed E-state index contributed by atoms with van der Waals surface area (Å²) in [4.78, 5) is 23.6. The summed E-state index contributed by atoms with van der Waals surface area (Å²) in [5.41, 5.74) is 6.12. The van der Waals surface area contributed by atoms with Crippen molar-refractivity contribution in [1.29, 1.82) is 0 Å². The fourth-order valence-electron chi connectivity index (χ4n) is 3.51. The molecule has 6 nitrogen and oxygen atoms in total. The maximum Gasteiger partial charge on any atom is 0.215 e. The molecule has 0 amide bonds. The number of nitrogens with two attached hydrogens (primary N) is 1. The van der Waals surface area contributed by atoms with Crippen molar-refractivity contribution < 1.29 is 9.18 Å². The number of nitrogen functional groups attached to an aromatic ring is 1. The molecule has 0 unspecified atom stereocenters. The van der Waals surface area contributed by atoms with E-state index >= 15 is 0 Å². The molecule has 0 saturated carbocycles. The molecule has 148 valence electrons. The van der Waals surface area contributed by atoms with Crippen LogP contribution in [0.2, 0.25) is 0 Å². The second-order valence-corrected chi connectivity index (χ2v) is 7.46. The minimum absolute atomic E-state index is 0.00337. The zero-order chi connectivity index (χ0) is 20.3. The Morgan fingerprint density at radius 1 is 1.39 bits per heavy atom. The summed E-state index contributed by atoms with van der Waals surface area (Å²) < 4.78 is 14.0. The number of piperazine rings is 1. The van der Waals surface area contributed by atoms with E-state index < -0.39 is 11.6 Å². The van der Waals surface area contributed by atoms with Crippen molar-refractivity contribution in [2.24, 2.45) is 5.92 Å². The third-order valence-electron chi connectivity index (χ3n) is 4.81. The number of carbonyl (C=O) groups is 1. The summed E-state index contributed by atoms with van der Waals surface area (Å²) in [6.45, 7) is 10.1. The Balaban J connectivity index is 1.95. The molecule has 1 saturated heterocycles. The molecule has 3 heterocycles. The van der Waals surface area contributed by atoms with Crippen LogP contribution in [0.4, 0.5) is 16.0 Å². The number of carbonyl (C=O) groups excluding carboxylic acids is 1.